The number of hydrogen-bond donors (Lipinski definition) is 3. The summed E-state index contributed by atoms with van der Waals surface area (Å²) < 4.78 is 0. The Morgan fingerprint density at radius 2 is 2.10 bits per heavy atom. The maximum Gasteiger partial charge on any atom is 0.314 e. The van der Waals surface area contributed by atoms with Gasteiger partial charge in [0.1, 0.15) is 0 Å². The lowest BCUT2D eigenvalue weighted by molar-refractivity contribution is 0.101. The predicted molar refractivity (Wildman–Crippen MR) is 115 cm³/mol. The second kappa shape index (κ2) is 8.62. The van der Waals surface area contributed by atoms with Crippen molar-refractivity contribution < 1.29 is 4.79 Å². The summed E-state index contributed by atoms with van der Waals surface area (Å²) in [6.45, 7) is 11.4. The van der Waals surface area contributed by atoms with Gasteiger partial charge in [-0.05, 0) is 80.3 Å². The van der Waals surface area contributed by atoms with Crippen LogP contribution < -0.4 is 10.6 Å². The zero-order valence-corrected chi connectivity index (χ0v) is 16.8. The van der Waals surface area contributed by atoms with Crippen molar-refractivity contribution in [3.63, 3.8) is 0 Å². The number of piperidine rings is 1. The Kier molecular flexibility index (Phi) is 5.77. The zero-order chi connectivity index (χ0) is 20.2. The molecule has 1 aromatic heterocycles. The molecular formula is C23H27N5O. The maximum absolute atomic E-state index is 12.7. The first kappa shape index (κ1) is 19.4. The first-order chi connectivity index (χ1) is 14.1. The molecule has 2 aromatic rings. The first-order valence-corrected chi connectivity index (χ1v) is 10.4. The number of rotatable bonds is 4. The van der Waals surface area contributed by atoms with E-state index in [0.717, 1.165) is 50.0 Å². The van der Waals surface area contributed by atoms with Gasteiger partial charge in [0.05, 0.1) is 6.20 Å². The quantitative estimate of drug-likeness (QED) is 0.652. The van der Waals surface area contributed by atoms with Gasteiger partial charge in [-0.1, -0.05) is 25.6 Å². The molecule has 1 atom stereocenters. The minimum absolute atomic E-state index is 0.163. The van der Waals surface area contributed by atoms with Crippen LogP contribution in [0.2, 0.25) is 0 Å². The number of benzene rings is 1. The smallest absolute Gasteiger partial charge is 0.314 e. The topological polar surface area (TPSA) is 74.2 Å². The lowest BCUT2D eigenvalue weighted by Crippen LogP contribution is -2.26. The van der Waals surface area contributed by atoms with E-state index in [0.29, 0.717) is 11.8 Å². The summed E-state index contributed by atoms with van der Waals surface area (Å²) in [6, 6.07) is 6.45. The number of amides is 1. The third kappa shape index (κ3) is 4.41. The SMILES string of the molecule is [C-]#[N+]c1cnc(C(=O)Nc2ccc(C3CCNCC3)cc2C2=CCC(C)CC2)[nH]1. The summed E-state index contributed by atoms with van der Waals surface area (Å²) in [4.78, 5) is 22.7. The fourth-order valence-corrected chi connectivity index (χ4v) is 4.22. The average Bonchev–Trinajstić information content (AvgIpc) is 3.25. The van der Waals surface area contributed by atoms with Crippen LogP contribution in [0.3, 0.4) is 0 Å². The zero-order valence-electron chi connectivity index (χ0n) is 16.8. The van der Waals surface area contributed by atoms with Crippen molar-refractivity contribution in [1.82, 2.24) is 15.3 Å². The highest BCUT2D eigenvalue weighted by molar-refractivity contribution is 6.03. The van der Waals surface area contributed by atoms with Crippen molar-refractivity contribution in [3.8, 4) is 0 Å². The van der Waals surface area contributed by atoms with E-state index in [4.69, 9.17) is 6.57 Å². The monoisotopic (exact) mass is 389 g/mol. The number of hydrogen-bond acceptors (Lipinski definition) is 3. The number of H-pyrrole nitrogens is 1. The summed E-state index contributed by atoms with van der Waals surface area (Å²) in [7, 11) is 0. The molecule has 1 saturated heterocycles. The van der Waals surface area contributed by atoms with Crippen LogP contribution in [0.5, 0.6) is 0 Å². The molecule has 0 spiro atoms. The third-order valence-corrected chi connectivity index (χ3v) is 6.02. The molecule has 2 heterocycles. The summed E-state index contributed by atoms with van der Waals surface area (Å²) in [5.41, 5.74) is 4.61. The van der Waals surface area contributed by atoms with Crippen LogP contribution in [-0.4, -0.2) is 29.0 Å². The fourth-order valence-electron chi connectivity index (χ4n) is 4.22. The van der Waals surface area contributed by atoms with Gasteiger partial charge in [0.2, 0.25) is 5.82 Å². The Bertz CT molecular complexity index is 962. The maximum atomic E-state index is 12.7. The number of aromatic amines is 1. The van der Waals surface area contributed by atoms with Crippen molar-refractivity contribution >= 4 is 23.0 Å². The average molecular weight is 390 g/mol. The van der Waals surface area contributed by atoms with Gasteiger partial charge >= 0.3 is 5.91 Å². The molecular weight excluding hydrogens is 362 g/mol. The van der Waals surface area contributed by atoms with E-state index < -0.39 is 0 Å². The first-order valence-electron chi connectivity index (χ1n) is 10.4. The van der Waals surface area contributed by atoms with Crippen molar-refractivity contribution in [3.05, 3.63) is 58.8 Å². The van der Waals surface area contributed by atoms with E-state index in [9.17, 15) is 4.79 Å². The number of allylic oxidation sites excluding steroid dienone is 2. The van der Waals surface area contributed by atoms with Crippen LogP contribution in [-0.2, 0) is 0 Å². The number of anilines is 1. The second-order valence-corrected chi connectivity index (χ2v) is 8.12. The second-order valence-electron chi connectivity index (χ2n) is 8.12. The minimum atomic E-state index is -0.319. The van der Waals surface area contributed by atoms with E-state index in [1.54, 1.807) is 0 Å². The number of carbonyl (C=O) groups excluding carboxylic acids is 1. The molecule has 1 aromatic carbocycles. The van der Waals surface area contributed by atoms with Gasteiger partial charge in [-0.25, -0.2) is 4.98 Å². The normalized spacial score (nSPS) is 20.0. The minimum Gasteiger partial charge on any atom is -0.363 e. The molecule has 3 N–H and O–H groups in total. The van der Waals surface area contributed by atoms with E-state index in [1.807, 2.05) is 6.07 Å². The van der Waals surface area contributed by atoms with E-state index in [-0.39, 0.29) is 17.5 Å². The Morgan fingerprint density at radius 3 is 2.79 bits per heavy atom. The van der Waals surface area contributed by atoms with E-state index in [2.05, 4.69) is 50.6 Å². The van der Waals surface area contributed by atoms with Crippen molar-refractivity contribution in [2.45, 2.75) is 44.9 Å². The lowest BCUT2D eigenvalue weighted by Gasteiger charge is -2.26. The number of nitrogens with zero attached hydrogens (tertiary/aromatic N) is 2. The Balaban J connectivity index is 1.64. The number of aromatic nitrogens is 2. The van der Waals surface area contributed by atoms with Crippen LogP contribution in [0, 0.1) is 12.5 Å². The van der Waals surface area contributed by atoms with Crippen LogP contribution in [0.4, 0.5) is 11.5 Å². The van der Waals surface area contributed by atoms with Crippen molar-refractivity contribution in [1.29, 1.82) is 0 Å². The standard InChI is InChI=1S/C23H27N5O/c1-15-3-5-17(6-4-15)19-13-18(16-9-11-25-12-10-16)7-8-20(19)27-23(29)22-26-14-21(24-2)28-22/h5,7-8,13-16,25H,3-4,6,9-12H2,1H3,(H,26,28)(H,27,29). The molecule has 1 aliphatic heterocycles. The molecule has 1 unspecified atom stereocenters. The molecule has 0 bridgehead atoms. The fraction of sp³-hybridized carbons (Fsp3) is 0.435. The van der Waals surface area contributed by atoms with Gasteiger partial charge < -0.3 is 15.5 Å². The van der Waals surface area contributed by atoms with Crippen molar-refractivity contribution in [2.75, 3.05) is 18.4 Å². The van der Waals surface area contributed by atoms with E-state index in [1.165, 1.54) is 23.8 Å². The van der Waals surface area contributed by atoms with Crippen LogP contribution in [0.15, 0.2) is 30.5 Å². The number of nitrogens with one attached hydrogen (secondary N) is 3. The molecule has 1 amide bonds. The summed E-state index contributed by atoms with van der Waals surface area (Å²) in [5, 5.41) is 6.44. The largest absolute Gasteiger partial charge is 0.363 e. The Labute approximate surface area is 171 Å². The highest BCUT2D eigenvalue weighted by atomic mass is 16.2. The number of carbonyl (C=O) groups is 1. The summed E-state index contributed by atoms with van der Waals surface area (Å²) >= 11 is 0. The molecule has 29 heavy (non-hydrogen) atoms. The highest BCUT2D eigenvalue weighted by Gasteiger charge is 2.21. The molecule has 0 saturated carbocycles. The van der Waals surface area contributed by atoms with Gasteiger partial charge in [0.25, 0.3) is 5.82 Å². The molecule has 0 radical (unpaired) electrons. The predicted octanol–water partition coefficient (Wildman–Crippen LogP) is 4.88. The van der Waals surface area contributed by atoms with Crippen LogP contribution in [0.1, 0.15) is 66.7 Å². The van der Waals surface area contributed by atoms with E-state index >= 15 is 0 Å². The van der Waals surface area contributed by atoms with Crippen LogP contribution >= 0.6 is 0 Å². The molecule has 150 valence electrons. The summed E-state index contributed by atoms with van der Waals surface area (Å²) in [6.07, 6.45) is 9.28. The Hall–Kier alpha value is -2.91. The molecule has 2 aliphatic rings. The molecule has 4 rings (SSSR count). The van der Waals surface area contributed by atoms with Gasteiger partial charge in [-0.3, -0.25) is 9.78 Å². The van der Waals surface area contributed by atoms with Gasteiger partial charge in [0, 0.05) is 11.3 Å². The molecule has 1 aliphatic carbocycles. The van der Waals surface area contributed by atoms with Gasteiger partial charge in [-0.15, -0.1) is 0 Å². The Morgan fingerprint density at radius 1 is 1.28 bits per heavy atom. The van der Waals surface area contributed by atoms with Gasteiger partial charge in [0.15, 0.2) is 0 Å². The molecule has 6 nitrogen and oxygen atoms in total. The van der Waals surface area contributed by atoms with Crippen molar-refractivity contribution in [2.24, 2.45) is 5.92 Å². The van der Waals surface area contributed by atoms with Gasteiger partial charge in [-0.2, -0.15) is 0 Å². The highest BCUT2D eigenvalue weighted by Crippen LogP contribution is 2.37. The summed E-state index contributed by atoms with van der Waals surface area (Å²) in [5.74, 6) is 1.38. The lowest BCUT2D eigenvalue weighted by atomic mass is 9.84. The third-order valence-electron chi connectivity index (χ3n) is 6.02. The van der Waals surface area contributed by atoms with Crippen LogP contribution in [0.25, 0.3) is 10.4 Å². The number of imidazole rings is 1. The molecule has 1 fully saturated rings. The molecule has 6 heteroatoms.